The van der Waals surface area contributed by atoms with Crippen LogP contribution in [-0.2, 0) is 13.0 Å². The van der Waals surface area contributed by atoms with Crippen LogP contribution < -0.4 is 21.1 Å². The molecule has 2 heterocycles. The lowest BCUT2D eigenvalue weighted by molar-refractivity contribution is 0.342. The highest BCUT2D eigenvalue weighted by atomic mass is 16.5. The largest absolute Gasteiger partial charge is 0.492 e. The molecule has 4 aromatic rings. The molecule has 182 valence electrons. The zero-order valence-corrected chi connectivity index (χ0v) is 20.6. The minimum absolute atomic E-state index is 0.470. The number of pyridine rings is 2. The molecule has 2 aromatic carbocycles. The molecule has 0 aliphatic heterocycles. The zero-order valence-electron chi connectivity index (χ0n) is 20.6. The molecule has 0 saturated heterocycles. The van der Waals surface area contributed by atoms with Crippen LogP contribution in [-0.4, -0.2) is 22.8 Å². The van der Waals surface area contributed by atoms with Gasteiger partial charge in [-0.05, 0) is 56.7 Å². The zero-order chi connectivity index (χ0) is 25.7. The maximum absolute atomic E-state index is 9.98. The van der Waals surface area contributed by atoms with Crippen LogP contribution in [0.4, 0.5) is 22.7 Å². The Bertz CT molecular complexity index is 1470. The van der Waals surface area contributed by atoms with Crippen LogP contribution in [0.15, 0.2) is 48.5 Å². The van der Waals surface area contributed by atoms with E-state index < -0.39 is 0 Å². The van der Waals surface area contributed by atoms with E-state index in [9.17, 15) is 5.26 Å². The highest BCUT2D eigenvalue weighted by Gasteiger charge is 2.17. The third-order valence-corrected chi connectivity index (χ3v) is 5.82. The molecule has 0 amide bonds. The minimum Gasteiger partial charge on any atom is -0.492 e. The van der Waals surface area contributed by atoms with Gasteiger partial charge in [-0.2, -0.15) is 5.26 Å². The lowest BCUT2D eigenvalue weighted by Crippen LogP contribution is -2.06. The van der Waals surface area contributed by atoms with E-state index in [0.717, 1.165) is 28.1 Å². The number of hydrogen-bond acceptors (Lipinski definition) is 8. The first-order valence-electron chi connectivity index (χ1n) is 11.8. The van der Waals surface area contributed by atoms with Crippen LogP contribution in [0.2, 0.25) is 0 Å². The third-order valence-electron chi connectivity index (χ3n) is 5.82. The van der Waals surface area contributed by atoms with Gasteiger partial charge < -0.3 is 26.5 Å². The molecule has 8 heteroatoms. The number of anilines is 4. The Morgan fingerprint density at radius 2 is 1.97 bits per heavy atom. The summed E-state index contributed by atoms with van der Waals surface area (Å²) in [5.41, 5.74) is 13.4. The predicted molar refractivity (Wildman–Crippen MR) is 145 cm³/mol. The van der Waals surface area contributed by atoms with Gasteiger partial charge in [0.1, 0.15) is 11.8 Å². The number of rotatable bonds is 9. The van der Waals surface area contributed by atoms with Crippen LogP contribution in [0.3, 0.4) is 0 Å². The Balaban J connectivity index is 1.71. The Kier molecular flexibility index (Phi) is 7.31. The average Bonchev–Trinajstić information content (AvgIpc) is 2.88. The van der Waals surface area contributed by atoms with Crippen molar-refractivity contribution in [1.82, 2.24) is 9.97 Å². The number of hydrogen-bond donors (Lipinski definition) is 4. The van der Waals surface area contributed by atoms with Gasteiger partial charge in [0.2, 0.25) is 0 Å². The van der Waals surface area contributed by atoms with Gasteiger partial charge in [-0.15, -0.1) is 0 Å². The molecule has 0 radical (unpaired) electrons. The molecular formula is C28H29N7O. The van der Waals surface area contributed by atoms with Crippen molar-refractivity contribution >= 4 is 39.9 Å². The summed E-state index contributed by atoms with van der Waals surface area (Å²) in [6, 6.07) is 17.5. The second-order valence-electron chi connectivity index (χ2n) is 8.31. The SMILES string of the molecule is CCOc1cc2nc(CC)c(C#N)c(Nc3ccc(NCc4cccc(C)n4)c(C=N)c3)c2cc1N. The first-order valence-corrected chi connectivity index (χ1v) is 11.8. The summed E-state index contributed by atoms with van der Waals surface area (Å²) >= 11 is 0. The summed E-state index contributed by atoms with van der Waals surface area (Å²) in [4.78, 5) is 9.23. The second kappa shape index (κ2) is 10.7. The van der Waals surface area contributed by atoms with Crippen LogP contribution in [0.1, 0.15) is 42.1 Å². The molecule has 0 bridgehead atoms. The lowest BCUT2D eigenvalue weighted by Gasteiger charge is -2.17. The highest BCUT2D eigenvalue weighted by Crippen LogP contribution is 2.36. The fraction of sp³-hybridized carbons (Fsp3) is 0.214. The molecular weight excluding hydrogens is 450 g/mol. The lowest BCUT2D eigenvalue weighted by atomic mass is 10.0. The number of nitrogens with zero attached hydrogens (tertiary/aromatic N) is 3. The van der Waals surface area contributed by atoms with Crippen molar-refractivity contribution in [2.24, 2.45) is 0 Å². The molecule has 36 heavy (non-hydrogen) atoms. The summed E-state index contributed by atoms with van der Waals surface area (Å²) in [6.07, 6.45) is 1.90. The minimum atomic E-state index is 0.470. The molecule has 0 aliphatic carbocycles. The van der Waals surface area contributed by atoms with Crippen molar-refractivity contribution < 1.29 is 4.74 Å². The Morgan fingerprint density at radius 3 is 2.67 bits per heavy atom. The molecule has 0 aliphatic rings. The first-order chi connectivity index (χ1) is 17.5. The number of benzene rings is 2. The van der Waals surface area contributed by atoms with Gasteiger partial charge in [0.05, 0.1) is 47.0 Å². The highest BCUT2D eigenvalue weighted by molar-refractivity contribution is 6.00. The quantitative estimate of drug-likeness (QED) is 0.179. The van der Waals surface area contributed by atoms with E-state index in [1.807, 2.05) is 63.2 Å². The van der Waals surface area contributed by atoms with Gasteiger partial charge >= 0.3 is 0 Å². The summed E-state index contributed by atoms with van der Waals surface area (Å²) in [5.74, 6) is 0.569. The van der Waals surface area contributed by atoms with Gasteiger partial charge in [-0.3, -0.25) is 9.97 Å². The Hall–Kier alpha value is -4.64. The van der Waals surface area contributed by atoms with E-state index in [0.29, 0.717) is 59.0 Å². The smallest absolute Gasteiger partial charge is 0.144 e. The van der Waals surface area contributed by atoms with Crippen LogP contribution in [0, 0.1) is 23.7 Å². The van der Waals surface area contributed by atoms with Crippen molar-refractivity contribution in [3.63, 3.8) is 0 Å². The van der Waals surface area contributed by atoms with E-state index in [-0.39, 0.29) is 0 Å². The molecule has 4 rings (SSSR count). The van der Waals surface area contributed by atoms with Crippen molar-refractivity contribution in [3.8, 4) is 11.8 Å². The van der Waals surface area contributed by atoms with E-state index >= 15 is 0 Å². The van der Waals surface area contributed by atoms with Crippen molar-refractivity contribution in [2.75, 3.05) is 23.0 Å². The van der Waals surface area contributed by atoms with E-state index in [4.69, 9.17) is 20.9 Å². The molecule has 0 saturated carbocycles. The predicted octanol–water partition coefficient (Wildman–Crippen LogP) is 5.71. The van der Waals surface area contributed by atoms with E-state index in [1.54, 1.807) is 6.07 Å². The Morgan fingerprint density at radius 1 is 1.14 bits per heavy atom. The maximum Gasteiger partial charge on any atom is 0.144 e. The molecule has 0 unspecified atom stereocenters. The number of aromatic nitrogens is 2. The number of nitrogens with one attached hydrogen (secondary N) is 3. The molecule has 5 N–H and O–H groups in total. The average molecular weight is 480 g/mol. The van der Waals surface area contributed by atoms with E-state index in [2.05, 4.69) is 21.7 Å². The third kappa shape index (κ3) is 5.05. The second-order valence-corrected chi connectivity index (χ2v) is 8.31. The number of ether oxygens (including phenoxy) is 1. The van der Waals surface area contributed by atoms with Crippen LogP contribution in [0.5, 0.6) is 5.75 Å². The van der Waals surface area contributed by atoms with Gasteiger partial charge in [-0.1, -0.05) is 13.0 Å². The Labute approximate surface area is 210 Å². The van der Waals surface area contributed by atoms with Gasteiger partial charge in [0.15, 0.2) is 0 Å². The summed E-state index contributed by atoms with van der Waals surface area (Å²) < 4.78 is 5.65. The topological polar surface area (TPSA) is 133 Å². The van der Waals surface area contributed by atoms with Crippen LogP contribution >= 0.6 is 0 Å². The maximum atomic E-state index is 9.98. The summed E-state index contributed by atoms with van der Waals surface area (Å²) in [6.45, 7) is 6.86. The molecule has 2 aromatic heterocycles. The van der Waals surface area contributed by atoms with Crippen molar-refractivity contribution in [3.05, 3.63) is 76.7 Å². The van der Waals surface area contributed by atoms with Crippen molar-refractivity contribution in [2.45, 2.75) is 33.7 Å². The molecule has 0 fully saturated rings. The number of nitrogen functional groups attached to an aromatic ring is 1. The first kappa shape index (κ1) is 24.5. The fourth-order valence-electron chi connectivity index (χ4n) is 4.09. The molecule has 8 nitrogen and oxygen atoms in total. The summed E-state index contributed by atoms with van der Waals surface area (Å²) in [5, 5.41) is 25.4. The monoisotopic (exact) mass is 479 g/mol. The number of aryl methyl sites for hydroxylation is 2. The van der Waals surface area contributed by atoms with Gasteiger partial charge in [0.25, 0.3) is 0 Å². The molecule has 0 spiro atoms. The standard InChI is InChI=1S/C28H29N7O/c1-4-24-22(15-30)28(21-12-23(31)27(36-5-2)13-26(21)35-24)34-19-9-10-25(18(11-19)14-29)32-16-20-8-6-7-17(3)33-20/h6-14,29,32H,4-5,16,31H2,1-3H3,(H,34,35). The number of nitrogens with two attached hydrogens (primary N) is 1. The van der Waals surface area contributed by atoms with E-state index in [1.165, 1.54) is 6.21 Å². The van der Waals surface area contributed by atoms with Crippen LogP contribution in [0.25, 0.3) is 10.9 Å². The van der Waals surface area contributed by atoms with Gasteiger partial charge in [-0.25, -0.2) is 0 Å². The molecule has 0 atom stereocenters. The van der Waals surface area contributed by atoms with Gasteiger partial charge in [0, 0.05) is 40.3 Å². The fourth-order valence-corrected chi connectivity index (χ4v) is 4.09. The normalized spacial score (nSPS) is 10.6. The number of fused-ring (bicyclic) bond motifs is 1. The van der Waals surface area contributed by atoms with Crippen molar-refractivity contribution in [1.29, 1.82) is 10.7 Å². The number of nitriles is 1. The summed E-state index contributed by atoms with van der Waals surface area (Å²) in [7, 11) is 0.